The second-order valence-corrected chi connectivity index (χ2v) is 3.87. The maximum atomic E-state index is 12.9. The molecule has 0 saturated carbocycles. The van der Waals surface area contributed by atoms with E-state index in [1.165, 1.54) is 6.07 Å². The minimum absolute atomic E-state index is 0.0287. The van der Waals surface area contributed by atoms with Crippen LogP contribution in [-0.2, 0) is 11.3 Å². The predicted octanol–water partition coefficient (Wildman–Crippen LogP) is 1.63. The Morgan fingerprint density at radius 3 is 2.53 bits per heavy atom. The van der Waals surface area contributed by atoms with Gasteiger partial charge in [0.05, 0.1) is 0 Å². The summed E-state index contributed by atoms with van der Waals surface area (Å²) < 4.78 is 25.6. The summed E-state index contributed by atoms with van der Waals surface area (Å²) in [7, 11) is 0. The fraction of sp³-hybridized carbons (Fsp3) is 0.333. The first-order chi connectivity index (χ1) is 8.93. The van der Waals surface area contributed by atoms with Gasteiger partial charge in [0.1, 0.15) is 6.04 Å². The highest BCUT2D eigenvalue weighted by atomic mass is 19.2. The van der Waals surface area contributed by atoms with Gasteiger partial charge in [-0.15, -0.1) is 0 Å². The number of carboxylic acid groups (broad SMARTS) is 1. The van der Waals surface area contributed by atoms with Gasteiger partial charge < -0.3 is 15.7 Å². The van der Waals surface area contributed by atoms with E-state index in [0.29, 0.717) is 5.56 Å². The lowest BCUT2D eigenvalue weighted by Crippen LogP contribution is -2.45. The number of urea groups is 1. The monoisotopic (exact) mass is 272 g/mol. The molecule has 1 aromatic carbocycles. The summed E-state index contributed by atoms with van der Waals surface area (Å²) in [5.41, 5.74) is 0.373. The van der Waals surface area contributed by atoms with Crippen LogP contribution >= 0.6 is 0 Å². The second kappa shape index (κ2) is 6.67. The summed E-state index contributed by atoms with van der Waals surface area (Å²) >= 11 is 0. The van der Waals surface area contributed by atoms with Gasteiger partial charge in [-0.05, 0) is 24.1 Å². The van der Waals surface area contributed by atoms with Crippen LogP contribution in [0.4, 0.5) is 13.6 Å². The van der Waals surface area contributed by atoms with Crippen molar-refractivity contribution < 1.29 is 23.5 Å². The van der Waals surface area contributed by atoms with Crippen LogP contribution in [-0.4, -0.2) is 23.1 Å². The number of carbonyl (C=O) groups excluding carboxylic acids is 1. The number of benzene rings is 1. The quantitative estimate of drug-likeness (QED) is 0.762. The summed E-state index contributed by atoms with van der Waals surface area (Å²) in [5.74, 6) is -3.10. The van der Waals surface area contributed by atoms with Crippen molar-refractivity contribution in [2.45, 2.75) is 25.9 Å². The third-order valence-corrected chi connectivity index (χ3v) is 2.45. The van der Waals surface area contributed by atoms with Crippen molar-refractivity contribution in [3.8, 4) is 0 Å². The zero-order valence-corrected chi connectivity index (χ0v) is 10.2. The minimum Gasteiger partial charge on any atom is -0.480 e. The number of hydrogen-bond acceptors (Lipinski definition) is 2. The van der Waals surface area contributed by atoms with Gasteiger partial charge in [0, 0.05) is 6.54 Å². The van der Waals surface area contributed by atoms with Gasteiger partial charge in [-0.25, -0.2) is 18.4 Å². The van der Waals surface area contributed by atoms with Crippen molar-refractivity contribution in [2.75, 3.05) is 0 Å². The highest BCUT2D eigenvalue weighted by molar-refractivity contribution is 5.82. The Labute approximate surface area is 108 Å². The zero-order chi connectivity index (χ0) is 14.4. The van der Waals surface area contributed by atoms with Crippen molar-refractivity contribution in [3.63, 3.8) is 0 Å². The van der Waals surface area contributed by atoms with Gasteiger partial charge in [0.25, 0.3) is 0 Å². The first kappa shape index (κ1) is 14.9. The van der Waals surface area contributed by atoms with E-state index in [2.05, 4.69) is 10.6 Å². The second-order valence-electron chi connectivity index (χ2n) is 3.87. The molecule has 0 spiro atoms. The predicted molar refractivity (Wildman–Crippen MR) is 63.4 cm³/mol. The molecule has 0 unspecified atom stereocenters. The Hall–Kier alpha value is -2.18. The van der Waals surface area contributed by atoms with E-state index in [-0.39, 0.29) is 13.0 Å². The Kier molecular flexibility index (Phi) is 5.23. The van der Waals surface area contributed by atoms with Gasteiger partial charge in [-0.2, -0.15) is 0 Å². The molecule has 0 radical (unpaired) electrons. The summed E-state index contributed by atoms with van der Waals surface area (Å²) in [6.07, 6.45) is 0.244. The third-order valence-electron chi connectivity index (χ3n) is 2.45. The Bertz CT molecular complexity index is 480. The van der Waals surface area contributed by atoms with Crippen LogP contribution in [0.1, 0.15) is 18.9 Å². The molecule has 0 saturated heterocycles. The van der Waals surface area contributed by atoms with Gasteiger partial charge in [0.2, 0.25) is 0 Å². The van der Waals surface area contributed by atoms with Crippen LogP contribution in [0.2, 0.25) is 0 Å². The molecule has 1 aromatic rings. The number of amides is 2. The van der Waals surface area contributed by atoms with Crippen LogP contribution in [0.5, 0.6) is 0 Å². The van der Waals surface area contributed by atoms with E-state index < -0.39 is 29.7 Å². The zero-order valence-electron chi connectivity index (χ0n) is 10.2. The molecule has 1 rings (SSSR count). The number of nitrogens with one attached hydrogen (secondary N) is 2. The molecular formula is C12H14F2N2O3. The first-order valence-electron chi connectivity index (χ1n) is 5.65. The van der Waals surface area contributed by atoms with Gasteiger partial charge >= 0.3 is 12.0 Å². The molecule has 0 fully saturated rings. The SMILES string of the molecule is CC[C@@H](NC(=O)NCc1ccc(F)c(F)c1)C(=O)O. The Morgan fingerprint density at radius 1 is 1.32 bits per heavy atom. The fourth-order valence-corrected chi connectivity index (χ4v) is 1.38. The van der Waals surface area contributed by atoms with E-state index in [4.69, 9.17) is 5.11 Å². The Balaban J connectivity index is 2.49. The summed E-state index contributed by atoms with van der Waals surface area (Å²) in [4.78, 5) is 22.1. The van der Waals surface area contributed by atoms with Gasteiger partial charge in [-0.3, -0.25) is 0 Å². The number of aliphatic carboxylic acids is 1. The molecule has 2 amide bonds. The summed E-state index contributed by atoms with van der Waals surface area (Å²) in [6, 6.07) is 1.58. The van der Waals surface area contributed by atoms with E-state index in [1.807, 2.05) is 0 Å². The standard InChI is InChI=1S/C12H14F2N2O3/c1-2-10(11(17)18)16-12(19)15-6-7-3-4-8(13)9(14)5-7/h3-5,10H,2,6H2,1H3,(H,17,18)(H2,15,16,19)/t10-/m1/s1. The summed E-state index contributed by atoms with van der Waals surface area (Å²) in [6.45, 7) is 1.59. The van der Waals surface area contributed by atoms with Crippen LogP contribution in [0.15, 0.2) is 18.2 Å². The smallest absolute Gasteiger partial charge is 0.326 e. The highest BCUT2D eigenvalue weighted by Gasteiger charge is 2.17. The lowest BCUT2D eigenvalue weighted by Gasteiger charge is -2.13. The van der Waals surface area contributed by atoms with E-state index in [0.717, 1.165) is 12.1 Å². The number of hydrogen-bond donors (Lipinski definition) is 3. The van der Waals surface area contributed by atoms with Crippen molar-refractivity contribution in [1.29, 1.82) is 0 Å². The molecule has 7 heteroatoms. The molecule has 0 aromatic heterocycles. The van der Waals surface area contributed by atoms with Crippen LogP contribution in [0, 0.1) is 11.6 Å². The molecule has 1 atom stereocenters. The van der Waals surface area contributed by atoms with E-state index >= 15 is 0 Å². The molecule has 19 heavy (non-hydrogen) atoms. The number of carboxylic acids is 1. The van der Waals surface area contributed by atoms with Crippen LogP contribution in [0.25, 0.3) is 0 Å². The molecule has 0 aliphatic rings. The third kappa shape index (κ3) is 4.53. The minimum atomic E-state index is -1.13. The van der Waals surface area contributed by atoms with Crippen LogP contribution in [0.3, 0.4) is 0 Å². The largest absolute Gasteiger partial charge is 0.480 e. The number of halogens is 2. The lowest BCUT2D eigenvalue weighted by atomic mass is 10.2. The molecule has 0 aliphatic heterocycles. The average Bonchev–Trinajstić information content (AvgIpc) is 2.37. The van der Waals surface area contributed by atoms with Crippen molar-refractivity contribution in [1.82, 2.24) is 10.6 Å². The van der Waals surface area contributed by atoms with Crippen molar-refractivity contribution in [2.24, 2.45) is 0 Å². The Morgan fingerprint density at radius 2 is 2.00 bits per heavy atom. The summed E-state index contributed by atoms with van der Waals surface area (Å²) in [5, 5.41) is 13.3. The first-order valence-corrected chi connectivity index (χ1v) is 5.65. The maximum Gasteiger partial charge on any atom is 0.326 e. The van der Waals surface area contributed by atoms with E-state index in [9.17, 15) is 18.4 Å². The van der Waals surface area contributed by atoms with E-state index in [1.54, 1.807) is 6.92 Å². The fourth-order valence-electron chi connectivity index (χ4n) is 1.38. The maximum absolute atomic E-state index is 12.9. The molecule has 0 heterocycles. The molecule has 104 valence electrons. The highest BCUT2D eigenvalue weighted by Crippen LogP contribution is 2.08. The molecular weight excluding hydrogens is 258 g/mol. The molecule has 0 aliphatic carbocycles. The average molecular weight is 272 g/mol. The normalized spacial score (nSPS) is 11.7. The molecule has 3 N–H and O–H groups in total. The van der Waals surface area contributed by atoms with Crippen molar-refractivity contribution in [3.05, 3.63) is 35.4 Å². The van der Waals surface area contributed by atoms with Crippen LogP contribution < -0.4 is 10.6 Å². The number of rotatable bonds is 5. The van der Waals surface area contributed by atoms with Crippen molar-refractivity contribution >= 4 is 12.0 Å². The lowest BCUT2D eigenvalue weighted by molar-refractivity contribution is -0.139. The topological polar surface area (TPSA) is 78.4 Å². The molecule has 0 bridgehead atoms. The number of carbonyl (C=O) groups is 2. The van der Waals surface area contributed by atoms with Gasteiger partial charge in [0.15, 0.2) is 11.6 Å². The molecule has 5 nitrogen and oxygen atoms in total. The van der Waals surface area contributed by atoms with Gasteiger partial charge in [-0.1, -0.05) is 13.0 Å².